The molecule has 0 spiro atoms. The third-order valence-electron chi connectivity index (χ3n) is 3.42. The van der Waals surface area contributed by atoms with Crippen molar-refractivity contribution in [2.75, 3.05) is 0 Å². The molecule has 0 saturated carbocycles. The van der Waals surface area contributed by atoms with E-state index in [1.165, 1.54) is 11.8 Å². The smallest absolute Gasteiger partial charge is 0.247 e. The highest BCUT2D eigenvalue weighted by Crippen LogP contribution is 2.23. The van der Waals surface area contributed by atoms with Crippen molar-refractivity contribution in [1.29, 1.82) is 0 Å². The van der Waals surface area contributed by atoms with Crippen LogP contribution in [0.5, 0.6) is 0 Å². The van der Waals surface area contributed by atoms with E-state index in [-0.39, 0.29) is 0 Å². The van der Waals surface area contributed by atoms with Gasteiger partial charge in [0, 0.05) is 17.0 Å². The van der Waals surface area contributed by atoms with E-state index in [0.29, 0.717) is 17.5 Å². The zero-order chi connectivity index (χ0) is 15.5. The number of nitrogens with zero attached hydrogens (tertiary/aromatic N) is 4. The lowest BCUT2D eigenvalue weighted by Gasteiger charge is -2.05. The summed E-state index contributed by atoms with van der Waals surface area (Å²) in [5.41, 5.74) is 4.06. The van der Waals surface area contributed by atoms with Crippen LogP contribution < -0.4 is 0 Å². The largest absolute Gasteiger partial charge is 0.420 e. The van der Waals surface area contributed by atoms with Crippen LogP contribution in [0, 0.1) is 20.8 Å². The average Bonchev–Trinajstić information content (AvgIpc) is 3.00. The van der Waals surface area contributed by atoms with E-state index in [1.54, 1.807) is 0 Å². The molecule has 2 heterocycles. The molecule has 0 aliphatic carbocycles. The maximum Gasteiger partial charge on any atom is 0.247 e. The van der Waals surface area contributed by atoms with Crippen LogP contribution in [0.3, 0.4) is 0 Å². The lowest BCUT2D eigenvalue weighted by atomic mass is 10.2. The van der Waals surface area contributed by atoms with Crippen LogP contribution in [0.25, 0.3) is 11.5 Å². The molecule has 0 aliphatic rings. The van der Waals surface area contributed by atoms with Crippen molar-refractivity contribution in [2.24, 2.45) is 0 Å². The molecular formula is C16H16N4OS. The molecule has 0 saturated heterocycles. The van der Waals surface area contributed by atoms with Crippen molar-refractivity contribution in [3.63, 3.8) is 0 Å². The fraction of sp³-hybridized carbons (Fsp3) is 0.250. The van der Waals surface area contributed by atoms with E-state index in [4.69, 9.17) is 4.42 Å². The monoisotopic (exact) mass is 312 g/mol. The predicted molar refractivity (Wildman–Crippen MR) is 85.5 cm³/mol. The number of thioether (sulfide) groups is 1. The number of hydrogen-bond acceptors (Lipinski definition) is 6. The summed E-state index contributed by atoms with van der Waals surface area (Å²) in [4.78, 5) is 8.95. The Morgan fingerprint density at radius 3 is 2.32 bits per heavy atom. The molecular weight excluding hydrogens is 296 g/mol. The van der Waals surface area contributed by atoms with Gasteiger partial charge in [0.05, 0.1) is 5.75 Å². The maximum absolute atomic E-state index is 5.68. The Kier molecular flexibility index (Phi) is 4.20. The molecule has 3 rings (SSSR count). The van der Waals surface area contributed by atoms with Crippen molar-refractivity contribution in [1.82, 2.24) is 20.2 Å². The Labute approximate surface area is 133 Å². The van der Waals surface area contributed by atoms with Gasteiger partial charge in [-0.05, 0) is 38.5 Å². The second-order valence-corrected chi connectivity index (χ2v) is 5.90. The van der Waals surface area contributed by atoms with Gasteiger partial charge in [0.2, 0.25) is 11.8 Å². The third-order valence-corrected chi connectivity index (χ3v) is 4.26. The van der Waals surface area contributed by atoms with Crippen LogP contribution in [0.2, 0.25) is 0 Å². The first-order chi connectivity index (χ1) is 10.6. The van der Waals surface area contributed by atoms with Gasteiger partial charge >= 0.3 is 0 Å². The summed E-state index contributed by atoms with van der Waals surface area (Å²) in [7, 11) is 0. The lowest BCUT2D eigenvalue weighted by molar-refractivity contribution is 0.528. The Bertz CT molecular complexity index is 763. The zero-order valence-electron chi connectivity index (χ0n) is 12.7. The summed E-state index contributed by atoms with van der Waals surface area (Å²) >= 11 is 1.50. The molecule has 22 heavy (non-hydrogen) atoms. The minimum Gasteiger partial charge on any atom is -0.420 e. The van der Waals surface area contributed by atoms with Gasteiger partial charge in [-0.25, -0.2) is 9.97 Å². The molecule has 0 atom stereocenters. The Morgan fingerprint density at radius 2 is 1.64 bits per heavy atom. The predicted octanol–water partition coefficient (Wildman–Crippen LogP) is 3.74. The van der Waals surface area contributed by atoms with Crippen LogP contribution in [0.4, 0.5) is 0 Å². The van der Waals surface area contributed by atoms with Crippen molar-refractivity contribution in [2.45, 2.75) is 31.7 Å². The summed E-state index contributed by atoms with van der Waals surface area (Å²) < 4.78 is 5.68. The summed E-state index contributed by atoms with van der Waals surface area (Å²) in [6.07, 6.45) is 0. The van der Waals surface area contributed by atoms with Crippen LogP contribution in [0.1, 0.15) is 22.8 Å². The van der Waals surface area contributed by atoms with Crippen molar-refractivity contribution in [3.05, 3.63) is 53.2 Å². The SMILES string of the molecule is Cc1nc(SCc2nnc(-c3ccccc3)o2)nc(C)c1C. The Hall–Kier alpha value is -2.21. The first-order valence-corrected chi connectivity index (χ1v) is 7.94. The van der Waals surface area contributed by atoms with Gasteiger partial charge in [0.25, 0.3) is 0 Å². The average molecular weight is 312 g/mol. The van der Waals surface area contributed by atoms with Crippen molar-refractivity contribution >= 4 is 11.8 Å². The van der Waals surface area contributed by atoms with E-state index in [9.17, 15) is 0 Å². The number of hydrogen-bond donors (Lipinski definition) is 0. The number of aryl methyl sites for hydroxylation is 2. The molecule has 0 radical (unpaired) electrons. The van der Waals surface area contributed by atoms with Gasteiger partial charge in [0.15, 0.2) is 5.16 Å². The highest BCUT2D eigenvalue weighted by Gasteiger charge is 2.10. The number of benzene rings is 1. The van der Waals surface area contributed by atoms with E-state index >= 15 is 0 Å². The van der Waals surface area contributed by atoms with Gasteiger partial charge in [0.1, 0.15) is 0 Å². The Morgan fingerprint density at radius 1 is 0.955 bits per heavy atom. The number of aromatic nitrogens is 4. The van der Waals surface area contributed by atoms with E-state index in [1.807, 2.05) is 51.1 Å². The minimum absolute atomic E-state index is 0.536. The molecule has 112 valence electrons. The van der Waals surface area contributed by atoms with Gasteiger partial charge < -0.3 is 4.42 Å². The number of rotatable bonds is 4. The molecule has 1 aromatic carbocycles. The summed E-state index contributed by atoms with van der Waals surface area (Å²) in [6, 6.07) is 9.73. The highest BCUT2D eigenvalue weighted by molar-refractivity contribution is 7.98. The molecule has 6 heteroatoms. The van der Waals surface area contributed by atoms with Crippen LogP contribution >= 0.6 is 11.8 Å². The standard InChI is InChI=1S/C16H16N4OS/c1-10-11(2)17-16(18-12(10)3)22-9-14-19-20-15(21-14)13-7-5-4-6-8-13/h4-8H,9H2,1-3H3. The fourth-order valence-electron chi connectivity index (χ4n) is 1.94. The molecule has 0 unspecified atom stereocenters. The normalized spacial score (nSPS) is 10.9. The topological polar surface area (TPSA) is 64.7 Å². The summed E-state index contributed by atoms with van der Waals surface area (Å²) in [5, 5.41) is 8.89. The van der Waals surface area contributed by atoms with E-state index in [2.05, 4.69) is 20.2 Å². The highest BCUT2D eigenvalue weighted by atomic mass is 32.2. The van der Waals surface area contributed by atoms with Gasteiger partial charge in [-0.1, -0.05) is 30.0 Å². The molecule has 0 aliphatic heterocycles. The first-order valence-electron chi connectivity index (χ1n) is 6.96. The van der Waals surface area contributed by atoms with Crippen LogP contribution in [0.15, 0.2) is 39.9 Å². The fourth-order valence-corrected chi connectivity index (χ4v) is 2.71. The molecule has 0 fully saturated rings. The molecule has 0 N–H and O–H groups in total. The van der Waals surface area contributed by atoms with Crippen molar-refractivity contribution < 1.29 is 4.42 Å². The van der Waals surface area contributed by atoms with E-state index < -0.39 is 0 Å². The van der Waals surface area contributed by atoms with Gasteiger partial charge in [-0.15, -0.1) is 10.2 Å². The molecule has 2 aromatic heterocycles. The lowest BCUT2D eigenvalue weighted by Crippen LogP contribution is -1.98. The second kappa shape index (κ2) is 6.27. The minimum atomic E-state index is 0.536. The first kappa shape index (κ1) is 14.7. The van der Waals surface area contributed by atoms with Gasteiger partial charge in [-0.2, -0.15) is 0 Å². The Balaban J connectivity index is 1.71. The summed E-state index contributed by atoms with van der Waals surface area (Å²) in [6.45, 7) is 6.02. The molecule has 3 aromatic rings. The molecule has 0 bridgehead atoms. The zero-order valence-corrected chi connectivity index (χ0v) is 13.5. The molecule has 5 nitrogen and oxygen atoms in total. The third kappa shape index (κ3) is 3.17. The van der Waals surface area contributed by atoms with Crippen molar-refractivity contribution in [3.8, 4) is 11.5 Å². The van der Waals surface area contributed by atoms with Crippen LogP contribution in [-0.2, 0) is 5.75 Å². The summed E-state index contributed by atoms with van der Waals surface area (Å²) in [5.74, 6) is 1.67. The van der Waals surface area contributed by atoms with E-state index in [0.717, 1.165) is 27.7 Å². The maximum atomic E-state index is 5.68. The second-order valence-electron chi connectivity index (χ2n) is 4.96. The van der Waals surface area contributed by atoms with Gasteiger partial charge in [-0.3, -0.25) is 0 Å². The molecule has 0 amide bonds. The van der Waals surface area contributed by atoms with Crippen LogP contribution in [-0.4, -0.2) is 20.2 Å². The quantitative estimate of drug-likeness (QED) is 0.540.